The number of hydrogen-bond acceptors (Lipinski definition) is 0. The lowest BCUT2D eigenvalue weighted by Crippen LogP contribution is -1.98. The van der Waals surface area contributed by atoms with Crippen LogP contribution in [0, 0.1) is 11.3 Å². The molecule has 0 saturated carbocycles. The van der Waals surface area contributed by atoms with Gasteiger partial charge in [0.1, 0.15) is 0 Å². The van der Waals surface area contributed by atoms with E-state index in [0.717, 1.165) is 5.92 Å². The van der Waals surface area contributed by atoms with E-state index in [1.54, 1.807) is 0 Å². The van der Waals surface area contributed by atoms with Gasteiger partial charge >= 0.3 is 0 Å². The molecular weight excluding hydrogens is 144 g/mol. The monoisotopic (exact) mass is 168 g/mol. The van der Waals surface area contributed by atoms with Crippen molar-refractivity contribution in [2.75, 3.05) is 0 Å². The molecule has 0 unspecified atom stereocenters. The Morgan fingerprint density at radius 3 is 2.17 bits per heavy atom. The average molecular weight is 168 g/mol. The van der Waals surface area contributed by atoms with Gasteiger partial charge in [-0.1, -0.05) is 53.2 Å². The number of rotatable bonds is 4. The van der Waals surface area contributed by atoms with E-state index in [-0.39, 0.29) is 0 Å². The predicted octanol–water partition coefficient (Wildman–Crippen LogP) is 4.42. The zero-order valence-corrected chi connectivity index (χ0v) is 9.35. The second-order valence-electron chi connectivity index (χ2n) is 5.09. The molecule has 0 heterocycles. The minimum Gasteiger partial charge on any atom is -0.0880 e. The highest BCUT2D eigenvalue weighted by atomic mass is 14.1. The highest BCUT2D eigenvalue weighted by Crippen LogP contribution is 2.15. The molecule has 0 atom stereocenters. The fraction of sp³-hybridized carbons (Fsp3) is 0.833. The second-order valence-corrected chi connectivity index (χ2v) is 5.09. The molecule has 0 aromatic heterocycles. The maximum Gasteiger partial charge on any atom is -0.0203 e. The lowest BCUT2D eigenvalue weighted by Gasteiger charge is -2.11. The first kappa shape index (κ1) is 11.7. The van der Waals surface area contributed by atoms with E-state index < -0.39 is 0 Å². The van der Waals surface area contributed by atoms with E-state index in [1.165, 1.54) is 19.3 Å². The Kier molecular flexibility index (Phi) is 5.28. The molecule has 0 aliphatic heterocycles. The van der Waals surface area contributed by atoms with Gasteiger partial charge < -0.3 is 0 Å². The van der Waals surface area contributed by atoms with Gasteiger partial charge in [0.25, 0.3) is 0 Å². The summed E-state index contributed by atoms with van der Waals surface area (Å²) in [5.74, 6) is 0.855. The van der Waals surface area contributed by atoms with Crippen LogP contribution in [0.1, 0.15) is 53.9 Å². The molecule has 72 valence electrons. The summed E-state index contributed by atoms with van der Waals surface area (Å²) in [6.45, 7) is 11.3. The van der Waals surface area contributed by atoms with Crippen LogP contribution in [0.3, 0.4) is 0 Å². The van der Waals surface area contributed by atoms with E-state index in [4.69, 9.17) is 0 Å². The van der Waals surface area contributed by atoms with Crippen LogP contribution in [0.2, 0.25) is 0 Å². The van der Waals surface area contributed by atoms with Gasteiger partial charge in [-0.3, -0.25) is 0 Å². The van der Waals surface area contributed by atoms with Crippen LogP contribution in [0.4, 0.5) is 0 Å². The highest BCUT2D eigenvalue weighted by Gasteiger charge is 2.02. The minimum absolute atomic E-state index is 0.359. The van der Waals surface area contributed by atoms with E-state index in [9.17, 15) is 0 Å². The van der Waals surface area contributed by atoms with Gasteiger partial charge in [-0.15, -0.1) is 0 Å². The summed E-state index contributed by atoms with van der Waals surface area (Å²) in [6, 6.07) is 0. The van der Waals surface area contributed by atoms with Crippen molar-refractivity contribution in [1.82, 2.24) is 0 Å². The van der Waals surface area contributed by atoms with Crippen molar-refractivity contribution in [3.63, 3.8) is 0 Å². The third-order valence-electron chi connectivity index (χ3n) is 1.77. The van der Waals surface area contributed by atoms with Crippen molar-refractivity contribution in [1.29, 1.82) is 0 Å². The Balaban J connectivity index is 3.37. The Morgan fingerprint density at radius 1 is 1.17 bits per heavy atom. The quantitative estimate of drug-likeness (QED) is 0.431. The van der Waals surface area contributed by atoms with Crippen LogP contribution in [0.15, 0.2) is 12.2 Å². The molecule has 0 bridgehead atoms. The van der Waals surface area contributed by atoms with Crippen molar-refractivity contribution in [2.24, 2.45) is 11.3 Å². The van der Waals surface area contributed by atoms with Crippen LogP contribution < -0.4 is 0 Å². The molecule has 0 amide bonds. The van der Waals surface area contributed by atoms with Gasteiger partial charge in [0, 0.05) is 0 Å². The van der Waals surface area contributed by atoms with Crippen LogP contribution in [0.5, 0.6) is 0 Å². The highest BCUT2D eigenvalue weighted by molar-refractivity contribution is 4.91. The van der Waals surface area contributed by atoms with Gasteiger partial charge in [0.15, 0.2) is 0 Å². The summed E-state index contributed by atoms with van der Waals surface area (Å²) in [5, 5.41) is 0. The molecule has 12 heavy (non-hydrogen) atoms. The third kappa shape index (κ3) is 9.74. The maximum absolute atomic E-state index is 2.32. The van der Waals surface area contributed by atoms with Crippen molar-refractivity contribution in [3.05, 3.63) is 12.2 Å². The Morgan fingerprint density at radius 2 is 1.75 bits per heavy atom. The fourth-order valence-corrected chi connectivity index (χ4v) is 1.08. The molecule has 0 aromatic carbocycles. The molecule has 0 nitrogen and oxygen atoms in total. The summed E-state index contributed by atoms with van der Waals surface area (Å²) in [6.07, 6.45) is 8.57. The summed E-state index contributed by atoms with van der Waals surface area (Å²) in [7, 11) is 0. The number of unbranched alkanes of at least 4 members (excludes halogenated alkanes) is 1. The zero-order chi connectivity index (χ0) is 9.61. The molecule has 0 fully saturated rings. The van der Waals surface area contributed by atoms with Crippen LogP contribution >= 0.6 is 0 Å². The number of hydrogen-bond donors (Lipinski definition) is 0. The molecule has 0 spiro atoms. The van der Waals surface area contributed by atoms with Gasteiger partial charge in [-0.2, -0.15) is 0 Å². The molecule has 0 aliphatic rings. The van der Waals surface area contributed by atoms with Gasteiger partial charge in [-0.05, 0) is 24.2 Å². The van der Waals surface area contributed by atoms with E-state index in [2.05, 4.69) is 46.8 Å². The van der Waals surface area contributed by atoms with E-state index in [0.29, 0.717) is 5.41 Å². The third-order valence-corrected chi connectivity index (χ3v) is 1.77. The van der Waals surface area contributed by atoms with E-state index in [1.807, 2.05) is 0 Å². The number of allylic oxidation sites excluding steroid dienone is 2. The molecule has 0 radical (unpaired) electrons. The van der Waals surface area contributed by atoms with Crippen molar-refractivity contribution in [2.45, 2.75) is 53.9 Å². The van der Waals surface area contributed by atoms with E-state index >= 15 is 0 Å². The molecule has 0 heteroatoms. The van der Waals surface area contributed by atoms with Crippen molar-refractivity contribution < 1.29 is 0 Å². The maximum atomic E-state index is 2.32. The second kappa shape index (κ2) is 5.40. The summed E-state index contributed by atoms with van der Waals surface area (Å²) in [5.41, 5.74) is 0.359. The Hall–Kier alpha value is -0.260. The molecule has 0 aromatic rings. The zero-order valence-electron chi connectivity index (χ0n) is 9.35. The van der Waals surface area contributed by atoms with Crippen molar-refractivity contribution >= 4 is 0 Å². The Labute approximate surface area is 78.1 Å². The predicted molar refractivity (Wildman–Crippen MR) is 57.3 cm³/mol. The van der Waals surface area contributed by atoms with Gasteiger partial charge in [0.05, 0.1) is 0 Å². The first-order valence-electron chi connectivity index (χ1n) is 5.09. The standard InChI is InChI=1S/C12H24/c1-11(2)9-7-6-8-10-12(3,4)5/h8,10-11H,6-7,9H2,1-5H3. The van der Waals surface area contributed by atoms with Crippen LogP contribution in [-0.4, -0.2) is 0 Å². The molecular formula is C12H24. The summed E-state index contributed by atoms with van der Waals surface area (Å²) >= 11 is 0. The summed E-state index contributed by atoms with van der Waals surface area (Å²) < 4.78 is 0. The smallest absolute Gasteiger partial charge is 0.0203 e. The van der Waals surface area contributed by atoms with Crippen molar-refractivity contribution in [3.8, 4) is 0 Å². The minimum atomic E-state index is 0.359. The lowest BCUT2D eigenvalue weighted by molar-refractivity contribution is 0.534. The normalized spacial score (nSPS) is 13.2. The molecule has 0 N–H and O–H groups in total. The molecule has 0 saturated heterocycles. The summed E-state index contributed by atoms with van der Waals surface area (Å²) in [4.78, 5) is 0. The van der Waals surface area contributed by atoms with Crippen LogP contribution in [-0.2, 0) is 0 Å². The lowest BCUT2D eigenvalue weighted by atomic mass is 9.95. The molecule has 0 aliphatic carbocycles. The van der Waals surface area contributed by atoms with Gasteiger partial charge in [-0.25, -0.2) is 0 Å². The Bertz CT molecular complexity index is 123. The first-order chi connectivity index (χ1) is 5.42. The SMILES string of the molecule is CC(C)CCCC=CC(C)(C)C. The topological polar surface area (TPSA) is 0 Å². The fourth-order valence-electron chi connectivity index (χ4n) is 1.08. The first-order valence-corrected chi connectivity index (χ1v) is 5.09. The van der Waals surface area contributed by atoms with Gasteiger partial charge in [0.2, 0.25) is 0 Å². The largest absolute Gasteiger partial charge is 0.0880 e. The van der Waals surface area contributed by atoms with Crippen LogP contribution in [0.25, 0.3) is 0 Å². The molecule has 0 rings (SSSR count). The average Bonchev–Trinajstić information content (AvgIpc) is 1.83.